The van der Waals surface area contributed by atoms with Gasteiger partial charge < -0.3 is 0 Å². The fourth-order valence-electron chi connectivity index (χ4n) is 3.54. The van der Waals surface area contributed by atoms with E-state index in [-0.39, 0.29) is 41.5 Å². The van der Waals surface area contributed by atoms with Crippen molar-refractivity contribution in [1.29, 1.82) is 0 Å². The van der Waals surface area contributed by atoms with Crippen LogP contribution in [-0.2, 0) is 19.2 Å². The molecule has 0 aliphatic carbocycles. The Kier molecular flexibility index (Phi) is 5.47. The Morgan fingerprint density at radius 2 is 1.48 bits per heavy atom. The van der Waals surface area contributed by atoms with Gasteiger partial charge >= 0.3 is 0 Å². The molecule has 6 nitrogen and oxygen atoms in total. The van der Waals surface area contributed by atoms with E-state index in [1.54, 1.807) is 0 Å². The average Bonchev–Trinajstić information content (AvgIpc) is 2.87. The summed E-state index contributed by atoms with van der Waals surface area (Å²) in [7, 11) is 0. The van der Waals surface area contributed by atoms with Crippen molar-refractivity contribution < 1.29 is 19.2 Å². The smallest absolute Gasteiger partial charge is 0.253 e. The fourth-order valence-corrected chi connectivity index (χ4v) is 5.28. The molecular weight excluding hydrogens is 340 g/mol. The van der Waals surface area contributed by atoms with Gasteiger partial charge in [0.1, 0.15) is 0 Å². The van der Waals surface area contributed by atoms with E-state index in [0.29, 0.717) is 0 Å². The maximum Gasteiger partial charge on any atom is 0.253 e. The largest absolute Gasteiger partial charge is 0.280 e. The lowest BCUT2D eigenvalue weighted by Gasteiger charge is -2.33. The van der Waals surface area contributed by atoms with Crippen LogP contribution >= 0.6 is 11.8 Å². The van der Waals surface area contributed by atoms with E-state index in [0.717, 1.165) is 11.3 Å². The number of imide groups is 2. The van der Waals surface area contributed by atoms with Crippen LogP contribution in [0.1, 0.15) is 47.5 Å². The molecule has 0 aromatic rings. The maximum atomic E-state index is 12.6. The highest BCUT2D eigenvalue weighted by molar-refractivity contribution is 8.02. The number of thioether (sulfide) groups is 1. The van der Waals surface area contributed by atoms with Gasteiger partial charge in [0.25, 0.3) is 11.8 Å². The average molecular weight is 366 g/mol. The predicted molar refractivity (Wildman–Crippen MR) is 96.7 cm³/mol. The molecule has 138 valence electrons. The van der Waals surface area contributed by atoms with Gasteiger partial charge in [0.2, 0.25) is 11.8 Å². The van der Waals surface area contributed by atoms with Crippen molar-refractivity contribution in [1.82, 2.24) is 9.80 Å². The van der Waals surface area contributed by atoms with Crippen molar-refractivity contribution in [2.75, 3.05) is 13.1 Å². The Balaban J connectivity index is 1.95. The van der Waals surface area contributed by atoms with Gasteiger partial charge in [-0.25, -0.2) is 0 Å². The number of carbonyl (C=O) groups excluding carboxylic acids is 4. The van der Waals surface area contributed by atoms with Gasteiger partial charge in [-0.3, -0.25) is 29.0 Å². The second-order valence-electron chi connectivity index (χ2n) is 8.35. The third-order valence-electron chi connectivity index (χ3n) is 4.07. The lowest BCUT2D eigenvalue weighted by atomic mass is 9.86. The predicted octanol–water partition coefficient (Wildman–Crippen LogP) is 1.99. The molecule has 0 saturated carbocycles. The molecule has 0 bridgehead atoms. The zero-order chi connectivity index (χ0) is 19.0. The molecule has 1 atom stereocenters. The number of rotatable bonds is 6. The van der Waals surface area contributed by atoms with Crippen molar-refractivity contribution in [2.24, 2.45) is 5.41 Å². The number of carbonyl (C=O) groups is 4. The van der Waals surface area contributed by atoms with Gasteiger partial charge in [0, 0.05) is 36.4 Å². The topological polar surface area (TPSA) is 74.8 Å². The van der Waals surface area contributed by atoms with Crippen LogP contribution < -0.4 is 0 Å². The standard InChI is InChI=1S/C18H26N2O4S/c1-17(2,3)11-18(4,5)25-12-10-15(23)20(16(12)24)9-8-19-13(21)6-7-14(19)22/h6-7,12H,8-11H2,1-5H3. The Hall–Kier alpha value is -1.63. The van der Waals surface area contributed by atoms with E-state index in [9.17, 15) is 19.2 Å². The molecule has 2 aliphatic rings. The van der Waals surface area contributed by atoms with Gasteiger partial charge in [-0.15, -0.1) is 11.8 Å². The van der Waals surface area contributed by atoms with Crippen LogP contribution in [0.2, 0.25) is 0 Å². The maximum absolute atomic E-state index is 12.6. The molecule has 1 fully saturated rings. The van der Waals surface area contributed by atoms with Crippen molar-refractivity contribution in [3.63, 3.8) is 0 Å². The van der Waals surface area contributed by atoms with Crippen LogP contribution in [-0.4, -0.2) is 56.5 Å². The van der Waals surface area contributed by atoms with Crippen LogP contribution in [0.5, 0.6) is 0 Å². The quantitative estimate of drug-likeness (QED) is 0.672. The molecular formula is C18H26N2O4S. The minimum atomic E-state index is -0.402. The van der Waals surface area contributed by atoms with Crippen molar-refractivity contribution in [2.45, 2.75) is 57.5 Å². The van der Waals surface area contributed by atoms with Gasteiger partial charge in [-0.2, -0.15) is 0 Å². The highest BCUT2D eigenvalue weighted by atomic mass is 32.2. The monoisotopic (exact) mass is 366 g/mol. The highest BCUT2D eigenvalue weighted by Gasteiger charge is 2.42. The van der Waals surface area contributed by atoms with Crippen LogP contribution in [0.4, 0.5) is 0 Å². The number of likely N-dealkylation sites (tertiary alicyclic amines) is 1. The molecule has 1 saturated heterocycles. The van der Waals surface area contributed by atoms with Crippen LogP contribution in [0, 0.1) is 5.41 Å². The molecule has 0 N–H and O–H groups in total. The number of amides is 4. The van der Waals surface area contributed by atoms with Crippen molar-refractivity contribution in [3.05, 3.63) is 12.2 Å². The van der Waals surface area contributed by atoms with E-state index in [2.05, 4.69) is 34.6 Å². The molecule has 25 heavy (non-hydrogen) atoms. The van der Waals surface area contributed by atoms with Crippen LogP contribution in [0.15, 0.2) is 12.2 Å². The Labute approximate surface area is 153 Å². The Bertz CT molecular complexity index is 615. The first-order valence-corrected chi connectivity index (χ1v) is 9.33. The van der Waals surface area contributed by atoms with Crippen LogP contribution in [0.3, 0.4) is 0 Å². The van der Waals surface area contributed by atoms with E-state index in [1.165, 1.54) is 28.8 Å². The van der Waals surface area contributed by atoms with Gasteiger partial charge in [-0.1, -0.05) is 34.6 Å². The first kappa shape index (κ1) is 19.7. The fraction of sp³-hybridized carbons (Fsp3) is 0.667. The molecule has 4 amide bonds. The first-order valence-electron chi connectivity index (χ1n) is 8.45. The number of nitrogens with zero attached hydrogens (tertiary/aromatic N) is 2. The molecule has 2 heterocycles. The van der Waals surface area contributed by atoms with E-state index in [1.807, 2.05) is 0 Å². The van der Waals surface area contributed by atoms with Crippen molar-refractivity contribution in [3.8, 4) is 0 Å². The molecule has 1 unspecified atom stereocenters. The van der Waals surface area contributed by atoms with Gasteiger partial charge in [0.15, 0.2) is 0 Å². The normalized spacial score (nSPS) is 21.9. The van der Waals surface area contributed by atoms with E-state index >= 15 is 0 Å². The zero-order valence-corrected chi connectivity index (χ0v) is 16.3. The minimum Gasteiger partial charge on any atom is -0.280 e. The third kappa shape index (κ3) is 4.93. The van der Waals surface area contributed by atoms with Crippen molar-refractivity contribution >= 4 is 35.4 Å². The second kappa shape index (κ2) is 6.94. The third-order valence-corrected chi connectivity index (χ3v) is 5.50. The summed E-state index contributed by atoms with van der Waals surface area (Å²) >= 11 is 1.54. The highest BCUT2D eigenvalue weighted by Crippen LogP contribution is 2.41. The summed E-state index contributed by atoms with van der Waals surface area (Å²) in [6.45, 7) is 10.8. The molecule has 0 radical (unpaired) electrons. The number of hydrogen-bond donors (Lipinski definition) is 0. The summed E-state index contributed by atoms with van der Waals surface area (Å²) in [5.41, 5.74) is 0.130. The summed E-state index contributed by atoms with van der Waals surface area (Å²) in [6.07, 6.45) is 3.50. The lowest BCUT2D eigenvalue weighted by Crippen LogP contribution is -2.41. The van der Waals surface area contributed by atoms with E-state index < -0.39 is 17.1 Å². The van der Waals surface area contributed by atoms with Crippen LogP contribution in [0.25, 0.3) is 0 Å². The molecule has 0 spiro atoms. The summed E-state index contributed by atoms with van der Waals surface area (Å²) in [5, 5.41) is -0.395. The molecule has 0 aromatic heterocycles. The van der Waals surface area contributed by atoms with E-state index in [4.69, 9.17) is 0 Å². The zero-order valence-electron chi connectivity index (χ0n) is 15.5. The SMILES string of the molecule is CC(C)(C)CC(C)(C)SC1CC(=O)N(CCN2C(=O)C=CC2=O)C1=O. The first-order chi connectivity index (χ1) is 11.4. The summed E-state index contributed by atoms with van der Waals surface area (Å²) in [5.74, 6) is -1.26. The molecule has 0 aromatic carbocycles. The second-order valence-corrected chi connectivity index (χ2v) is 10.3. The number of hydrogen-bond acceptors (Lipinski definition) is 5. The summed E-state index contributed by atoms with van der Waals surface area (Å²) in [4.78, 5) is 50.2. The summed E-state index contributed by atoms with van der Waals surface area (Å²) in [6, 6.07) is 0. The lowest BCUT2D eigenvalue weighted by molar-refractivity contribution is -0.142. The molecule has 2 aliphatic heterocycles. The summed E-state index contributed by atoms with van der Waals surface area (Å²) < 4.78 is -0.125. The Morgan fingerprint density at radius 3 is 2.00 bits per heavy atom. The minimum absolute atomic E-state index is 0.0465. The molecule has 7 heteroatoms. The Morgan fingerprint density at radius 1 is 0.960 bits per heavy atom. The van der Waals surface area contributed by atoms with Gasteiger partial charge in [0.05, 0.1) is 5.25 Å². The molecule has 2 rings (SSSR count). The van der Waals surface area contributed by atoms with Gasteiger partial charge in [-0.05, 0) is 11.8 Å².